The topological polar surface area (TPSA) is 79.2 Å². The molecule has 1 N–H and O–H groups in total. The Morgan fingerprint density at radius 2 is 1.65 bits per heavy atom. The molecule has 166 valence electrons. The van der Waals surface area contributed by atoms with Crippen molar-refractivity contribution in [3.05, 3.63) is 58.6 Å². The van der Waals surface area contributed by atoms with Crippen LogP contribution in [0.1, 0.15) is 58.6 Å². The molecule has 0 spiro atoms. The summed E-state index contributed by atoms with van der Waals surface area (Å²) in [5, 5.41) is 9.38. The molecule has 0 amide bonds. The van der Waals surface area contributed by atoms with Gasteiger partial charge in [0, 0.05) is 22.9 Å². The lowest BCUT2D eigenvalue weighted by atomic mass is 9.50. The number of hydrogen-bond acceptors (Lipinski definition) is 4. The van der Waals surface area contributed by atoms with Gasteiger partial charge in [-0.2, -0.15) is 5.26 Å². The fourth-order valence-electron chi connectivity index (χ4n) is 4.78. The maximum absolute atomic E-state index is 13.1. The molecule has 1 fully saturated rings. The molecule has 5 nitrogen and oxygen atoms in total. The number of rotatable bonds is 6. The first kappa shape index (κ1) is 23.6. The van der Waals surface area contributed by atoms with E-state index in [0.29, 0.717) is 22.3 Å². The minimum Gasteiger partial charge on any atom is -0.489 e. The second-order valence-electron chi connectivity index (χ2n) is 9.67. The van der Waals surface area contributed by atoms with E-state index in [-0.39, 0.29) is 17.0 Å². The van der Waals surface area contributed by atoms with Crippen molar-refractivity contribution in [3.8, 4) is 11.8 Å². The van der Waals surface area contributed by atoms with Gasteiger partial charge >= 0.3 is 0 Å². The van der Waals surface area contributed by atoms with Gasteiger partial charge in [0.15, 0.2) is 0 Å². The summed E-state index contributed by atoms with van der Waals surface area (Å²) in [7, 11) is -3.68. The van der Waals surface area contributed by atoms with E-state index in [4.69, 9.17) is 21.6 Å². The number of nitrogens with one attached hydrogen (secondary N) is 1. The van der Waals surface area contributed by atoms with Crippen LogP contribution >= 0.6 is 11.6 Å². The first-order valence-electron chi connectivity index (χ1n) is 10.3. The van der Waals surface area contributed by atoms with Gasteiger partial charge in [-0.15, -0.1) is 0 Å². The summed E-state index contributed by atoms with van der Waals surface area (Å²) in [5.41, 5.74) is 0.553. The SMILES string of the molecule is CC(C)c1ccc(S(=O)(=O)NC2C(C)(C)C(Oc3ccc(C#N)c(Cl)c3)C2(C)C)cc1. The second kappa shape index (κ2) is 8.12. The lowest BCUT2D eigenvalue weighted by Crippen LogP contribution is -2.74. The highest BCUT2D eigenvalue weighted by molar-refractivity contribution is 7.89. The first-order chi connectivity index (χ1) is 14.3. The largest absolute Gasteiger partial charge is 0.489 e. The molecule has 1 aliphatic carbocycles. The van der Waals surface area contributed by atoms with Crippen molar-refractivity contribution in [1.29, 1.82) is 5.26 Å². The van der Waals surface area contributed by atoms with Crippen LogP contribution in [0.4, 0.5) is 0 Å². The van der Waals surface area contributed by atoms with E-state index >= 15 is 0 Å². The zero-order valence-corrected chi connectivity index (χ0v) is 20.3. The molecule has 2 aromatic rings. The standard InChI is InChI=1S/C24H29ClN2O3S/c1-15(2)16-8-11-19(12-9-16)31(28,29)27-21-23(3,4)22(24(21,5)6)30-18-10-7-17(14-26)20(25)13-18/h7-13,15,21-22,27H,1-6H3. The molecule has 3 rings (SSSR count). The summed E-state index contributed by atoms with van der Waals surface area (Å²) in [6.45, 7) is 12.1. The Morgan fingerprint density at radius 3 is 2.13 bits per heavy atom. The van der Waals surface area contributed by atoms with Crippen LogP contribution in [0.2, 0.25) is 5.02 Å². The molecule has 2 aromatic carbocycles. The number of halogens is 1. The van der Waals surface area contributed by atoms with E-state index < -0.39 is 20.9 Å². The second-order valence-corrected chi connectivity index (χ2v) is 11.8. The summed E-state index contributed by atoms with van der Waals surface area (Å²) in [6, 6.07) is 13.7. The van der Waals surface area contributed by atoms with Crippen LogP contribution in [0, 0.1) is 22.2 Å². The quantitative estimate of drug-likeness (QED) is 0.617. The number of nitrogens with zero attached hydrogens (tertiary/aromatic N) is 1. The van der Waals surface area contributed by atoms with Gasteiger partial charge in [-0.05, 0) is 35.7 Å². The Bertz CT molecular complexity index is 1100. The van der Waals surface area contributed by atoms with E-state index in [0.717, 1.165) is 5.56 Å². The van der Waals surface area contributed by atoms with E-state index in [2.05, 4.69) is 18.6 Å². The lowest BCUT2D eigenvalue weighted by Gasteiger charge is -2.62. The minimum atomic E-state index is -3.68. The number of ether oxygens (including phenoxy) is 1. The highest BCUT2D eigenvalue weighted by Gasteiger charge is 2.64. The van der Waals surface area contributed by atoms with E-state index in [1.807, 2.05) is 45.9 Å². The van der Waals surface area contributed by atoms with Gasteiger partial charge in [0.2, 0.25) is 10.0 Å². The molecule has 0 aromatic heterocycles. The first-order valence-corrected chi connectivity index (χ1v) is 12.2. The van der Waals surface area contributed by atoms with Gasteiger partial charge < -0.3 is 4.74 Å². The molecule has 0 bridgehead atoms. The Labute approximate surface area is 190 Å². The summed E-state index contributed by atoms with van der Waals surface area (Å²) >= 11 is 6.14. The van der Waals surface area contributed by atoms with Crippen molar-refractivity contribution in [1.82, 2.24) is 4.72 Å². The molecular formula is C24H29ClN2O3S. The van der Waals surface area contributed by atoms with Crippen molar-refractivity contribution >= 4 is 21.6 Å². The predicted molar refractivity (Wildman–Crippen MR) is 123 cm³/mol. The molecule has 0 heterocycles. The van der Waals surface area contributed by atoms with Crippen molar-refractivity contribution in [3.63, 3.8) is 0 Å². The third-order valence-electron chi connectivity index (χ3n) is 6.28. The average molecular weight is 461 g/mol. The molecule has 1 saturated carbocycles. The van der Waals surface area contributed by atoms with Crippen LogP contribution in [0.25, 0.3) is 0 Å². The zero-order chi connectivity index (χ0) is 23.2. The summed E-state index contributed by atoms with van der Waals surface area (Å²) < 4.78 is 35.3. The molecule has 1 aliphatic rings. The van der Waals surface area contributed by atoms with E-state index in [1.165, 1.54) is 0 Å². The Balaban J connectivity index is 1.80. The van der Waals surface area contributed by atoms with Crippen molar-refractivity contribution in [2.45, 2.75) is 64.5 Å². The summed E-state index contributed by atoms with van der Waals surface area (Å²) in [4.78, 5) is 0.256. The van der Waals surface area contributed by atoms with Gasteiger partial charge in [-0.3, -0.25) is 0 Å². The fourth-order valence-corrected chi connectivity index (χ4v) is 6.54. The Morgan fingerprint density at radius 1 is 1.06 bits per heavy atom. The molecule has 7 heteroatoms. The van der Waals surface area contributed by atoms with Crippen LogP contribution in [0.5, 0.6) is 5.75 Å². The van der Waals surface area contributed by atoms with Crippen LogP contribution in [-0.2, 0) is 10.0 Å². The van der Waals surface area contributed by atoms with Gasteiger partial charge in [0.1, 0.15) is 17.9 Å². The van der Waals surface area contributed by atoms with Crippen molar-refractivity contribution in [2.75, 3.05) is 0 Å². The predicted octanol–water partition coefficient (Wildman–Crippen LogP) is 5.50. The third kappa shape index (κ3) is 4.32. The van der Waals surface area contributed by atoms with Crippen LogP contribution < -0.4 is 9.46 Å². The summed E-state index contributed by atoms with van der Waals surface area (Å²) in [5.74, 6) is 0.892. The van der Waals surface area contributed by atoms with Gasteiger partial charge in [-0.1, -0.05) is 65.3 Å². The molecule has 31 heavy (non-hydrogen) atoms. The highest BCUT2D eigenvalue weighted by Crippen LogP contribution is 2.56. The van der Waals surface area contributed by atoms with E-state index in [9.17, 15) is 8.42 Å². The minimum absolute atomic E-state index is 0.250. The number of benzene rings is 2. The highest BCUT2D eigenvalue weighted by atomic mass is 35.5. The maximum Gasteiger partial charge on any atom is 0.240 e. The molecule has 0 unspecified atom stereocenters. The van der Waals surface area contributed by atoms with Crippen molar-refractivity contribution in [2.24, 2.45) is 10.8 Å². The zero-order valence-electron chi connectivity index (χ0n) is 18.7. The summed E-state index contributed by atoms with van der Waals surface area (Å²) in [6.07, 6.45) is -0.250. The van der Waals surface area contributed by atoms with Crippen LogP contribution in [-0.4, -0.2) is 20.6 Å². The normalized spacial score (nSPS) is 21.9. The lowest BCUT2D eigenvalue weighted by molar-refractivity contribution is -0.161. The average Bonchev–Trinajstić information content (AvgIpc) is 2.70. The Hall–Kier alpha value is -2.07. The smallest absolute Gasteiger partial charge is 0.240 e. The monoisotopic (exact) mass is 460 g/mol. The number of sulfonamides is 1. The van der Waals surface area contributed by atoms with Crippen LogP contribution in [0.15, 0.2) is 47.4 Å². The van der Waals surface area contributed by atoms with Crippen molar-refractivity contribution < 1.29 is 13.2 Å². The number of hydrogen-bond donors (Lipinski definition) is 1. The van der Waals surface area contributed by atoms with E-state index in [1.54, 1.807) is 30.3 Å². The van der Waals surface area contributed by atoms with Gasteiger partial charge in [0.25, 0.3) is 0 Å². The fraction of sp³-hybridized carbons (Fsp3) is 0.458. The molecule has 0 aliphatic heterocycles. The van der Waals surface area contributed by atoms with Gasteiger partial charge in [-0.25, -0.2) is 13.1 Å². The molecule has 0 radical (unpaired) electrons. The maximum atomic E-state index is 13.1. The molecule has 0 atom stereocenters. The Kier molecular flexibility index (Phi) is 6.18. The molecule has 0 saturated heterocycles. The molecular weight excluding hydrogens is 432 g/mol. The van der Waals surface area contributed by atoms with Crippen LogP contribution in [0.3, 0.4) is 0 Å². The number of nitriles is 1. The van der Waals surface area contributed by atoms with Gasteiger partial charge in [0.05, 0.1) is 15.5 Å². The third-order valence-corrected chi connectivity index (χ3v) is 8.04.